The Bertz CT molecular complexity index is 1360. The summed E-state index contributed by atoms with van der Waals surface area (Å²) in [6, 6.07) is 6.34. The molecule has 1 fully saturated rings. The summed E-state index contributed by atoms with van der Waals surface area (Å²) >= 11 is 12.3. The first-order valence-corrected chi connectivity index (χ1v) is 14.8. The number of anilines is 1. The minimum atomic E-state index is -4.81. The lowest BCUT2D eigenvalue weighted by Crippen LogP contribution is -2.31. The number of nitrogens with zero attached hydrogens (tertiary/aromatic N) is 5. The molecule has 36 heavy (non-hydrogen) atoms. The van der Waals surface area contributed by atoms with Gasteiger partial charge in [-0.3, -0.25) is 9.13 Å². The highest BCUT2D eigenvalue weighted by Crippen LogP contribution is 2.56. The highest BCUT2D eigenvalue weighted by atomic mass is 35.5. The molecular formula is C18H22Cl2N6O8P2. The van der Waals surface area contributed by atoms with Gasteiger partial charge < -0.3 is 34.7 Å². The van der Waals surface area contributed by atoms with E-state index >= 15 is 0 Å². The van der Waals surface area contributed by atoms with Gasteiger partial charge in [0.15, 0.2) is 22.9 Å². The zero-order valence-corrected chi connectivity index (χ0v) is 21.6. The first-order chi connectivity index (χ1) is 16.8. The summed E-state index contributed by atoms with van der Waals surface area (Å²) < 4.78 is 29.1. The second-order valence-electron chi connectivity index (χ2n) is 8.28. The number of aliphatic hydroxyl groups is 2. The van der Waals surface area contributed by atoms with Gasteiger partial charge in [-0.1, -0.05) is 35.0 Å². The van der Waals surface area contributed by atoms with Gasteiger partial charge in [0.05, 0.1) is 18.8 Å². The topological polar surface area (TPSA) is 213 Å². The molecule has 0 amide bonds. The molecule has 0 radical (unpaired) electrons. The number of aromatic nitrogens is 5. The Labute approximate surface area is 213 Å². The van der Waals surface area contributed by atoms with Crippen molar-refractivity contribution < 1.29 is 38.5 Å². The Balaban J connectivity index is 1.53. The average molecular weight is 583 g/mol. The zero-order chi connectivity index (χ0) is 26.3. The minimum absolute atomic E-state index is 0.0285. The van der Waals surface area contributed by atoms with E-state index in [1.54, 1.807) is 12.1 Å². The van der Waals surface area contributed by atoms with E-state index in [9.17, 15) is 24.2 Å². The van der Waals surface area contributed by atoms with E-state index < -0.39 is 51.9 Å². The van der Waals surface area contributed by atoms with Crippen molar-refractivity contribution in [1.82, 2.24) is 25.0 Å². The predicted molar refractivity (Wildman–Crippen MR) is 129 cm³/mol. The maximum atomic E-state index is 11.9. The summed E-state index contributed by atoms with van der Waals surface area (Å²) in [6.07, 6.45) is -2.74. The highest BCUT2D eigenvalue weighted by molar-refractivity contribution is 7.70. The fraction of sp³-hybridized carbons (Fsp3) is 0.444. The van der Waals surface area contributed by atoms with E-state index in [0.717, 1.165) is 5.56 Å². The van der Waals surface area contributed by atoms with Gasteiger partial charge in [-0.05, 0) is 29.7 Å². The van der Waals surface area contributed by atoms with Gasteiger partial charge in [0.2, 0.25) is 5.28 Å². The molecule has 0 aliphatic heterocycles. The average Bonchev–Trinajstić information content (AvgIpc) is 3.31. The molecule has 2 heterocycles. The molecule has 1 unspecified atom stereocenters. The Morgan fingerprint density at radius 1 is 1.11 bits per heavy atom. The molecule has 0 spiro atoms. The Hall–Kier alpha value is -1.70. The second kappa shape index (κ2) is 10.6. The van der Waals surface area contributed by atoms with Crippen molar-refractivity contribution in [1.29, 1.82) is 0 Å². The largest absolute Gasteiger partial charge is 0.390 e. The van der Waals surface area contributed by atoms with Crippen molar-refractivity contribution in [3.8, 4) is 0 Å². The van der Waals surface area contributed by atoms with Crippen molar-refractivity contribution in [2.75, 3.05) is 17.8 Å². The van der Waals surface area contributed by atoms with Crippen molar-refractivity contribution in [3.63, 3.8) is 0 Å². The van der Waals surface area contributed by atoms with Gasteiger partial charge in [0.1, 0.15) is 6.10 Å². The second-order valence-corrected chi connectivity index (χ2v) is 13.0. The van der Waals surface area contributed by atoms with Gasteiger partial charge in [-0.2, -0.15) is 9.97 Å². The van der Waals surface area contributed by atoms with Gasteiger partial charge in [0, 0.05) is 17.5 Å². The van der Waals surface area contributed by atoms with Crippen LogP contribution in [0.25, 0.3) is 11.2 Å². The zero-order valence-electron chi connectivity index (χ0n) is 18.3. The molecule has 2 aromatic heterocycles. The Morgan fingerprint density at radius 3 is 2.53 bits per heavy atom. The maximum Gasteiger partial charge on any atom is 0.340 e. The number of hydrogen-bond acceptors (Lipinski definition) is 10. The van der Waals surface area contributed by atoms with Crippen LogP contribution in [0.1, 0.15) is 18.0 Å². The van der Waals surface area contributed by atoms with Crippen LogP contribution in [0, 0.1) is 5.92 Å². The van der Waals surface area contributed by atoms with Crippen LogP contribution < -0.4 is 5.32 Å². The third-order valence-corrected chi connectivity index (χ3v) is 9.63. The fourth-order valence-electron chi connectivity index (χ4n) is 3.96. The van der Waals surface area contributed by atoms with Crippen molar-refractivity contribution in [2.45, 2.75) is 31.2 Å². The monoisotopic (exact) mass is 582 g/mol. The fourth-order valence-corrected chi connectivity index (χ4v) is 6.94. The van der Waals surface area contributed by atoms with Crippen LogP contribution >= 0.6 is 38.4 Å². The number of benzene rings is 1. The summed E-state index contributed by atoms with van der Waals surface area (Å²) in [6.45, 7) is -0.232. The lowest BCUT2D eigenvalue weighted by Gasteiger charge is -2.19. The summed E-state index contributed by atoms with van der Waals surface area (Å²) in [7, 11) is -9.43. The smallest absolute Gasteiger partial charge is 0.340 e. The number of hydrogen-bond donors (Lipinski definition) is 6. The molecule has 6 N–H and O–H groups in total. The molecular weight excluding hydrogens is 561 g/mol. The Kier molecular flexibility index (Phi) is 8.04. The van der Waals surface area contributed by atoms with E-state index in [1.807, 2.05) is 12.1 Å². The molecule has 1 saturated carbocycles. The van der Waals surface area contributed by atoms with Crippen LogP contribution in [0.15, 0.2) is 24.3 Å². The molecule has 1 aliphatic rings. The summed E-state index contributed by atoms with van der Waals surface area (Å²) in [5.41, 5.74) is 1.21. The molecule has 0 saturated heterocycles. The van der Waals surface area contributed by atoms with Crippen LogP contribution in [0.3, 0.4) is 0 Å². The van der Waals surface area contributed by atoms with Gasteiger partial charge in [-0.25, -0.2) is 4.68 Å². The number of fused-ring (bicyclic) bond motifs is 1. The molecule has 18 heteroatoms. The van der Waals surface area contributed by atoms with Crippen LogP contribution in [-0.2, 0) is 20.2 Å². The van der Waals surface area contributed by atoms with Crippen molar-refractivity contribution in [2.24, 2.45) is 5.92 Å². The lowest BCUT2D eigenvalue weighted by atomic mass is 10.1. The van der Waals surface area contributed by atoms with Gasteiger partial charge >= 0.3 is 15.2 Å². The first kappa shape index (κ1) is 27.3. The van der Waals surface area contributed by atoms with Gasteiger partial charge in [0.25, 0.3) is 0 Å². The number of rotatable bonds is 9. The van der Waals surface area contributed by atoms with Crippen LogP contribution in [0.2, 0.25) is 10.3 Å². The molecule has 5 atom stereocenters. The molecule has 4 rings (SSSR count). The lowest BCUT2D eigenvalue weighted by molar-refractivity contribution is -0.00362. The van der Waals surface area contributed by atoms with Gasteiger partial charge in [-0.15, -0.1) is 5.10 Å². The number of halogens is 2. The Morgan fingerprint density at radius 2 is 1.83 bits per heavy atom. The maximum absolute atomic E-state index is 11.9. The summed E-state index contributed by atoms with van der Waals surface area (Å²) in [4.78, 5) is 35.8. The van der Waals surface area contributed by atoms with Crippen LogP contribution in [0.5, 0.6) is 0 Å². The number of nitrogens with one attached hydrogen (secondary N) is 1. The third kappa shape index (κ3) is 6.22. The van der Waals surface area contributed by atoms with Crippen molar-refractivity contribution >= 4 is 55.4 Å². The van der Waals surface area contributed by atoms with E-state index in [1.165, 1.54) is 4.68 Å². The quantitative estimate of drug-likeness (QED) is 0.157. The first-order valence-electron chi connectivity index (χ1n) is 10.5. The van der Waals surface area contributed by atoms with Crippen LogP contribution in [0.4, 0.5) is 5.82 Å². The summed E-state index contributed by atoms with van der Waals surface area (Å²) in [5, 5.41) is 32.8. The number of aliphatic hydroxyl groups excluding tert-OH is 2. The molecule has 3 aromatic rings. The normalized spacial score (nSPS) is 24.2. The molecule has 0 bridgehead atoms. The van der Waals surface area contributed by atoms with E-state index in [-0.39, 0.29) is 28.7 Å². The minimum Gasteiger partial charge on any atom is -0.390 e. The van der Waals surface area contributed by atoms with E-state index in [0.29, 0.717) is 11.6 Å². The van der Waals surface area contributed by atoms with E-state index in [4.69, 9.17) is 37.5 Å². The SMILES string of the molecule is O=P(O)(O)CP(=O)(O)OC[C@H]1C[C@@H](n2nnc3c(NCc4ccccc4Cl)nc(Cl)nc32)[C@H](O)[C@H]1O. The van der Waals surface area contributed by atoms with Crippen molar-refractivity contribution in [3.05, 3.63) is 40.1 Å². The summed E-state index contributed by atoms with van der Waals surface area (Å²) in [5.74, 6) is -1.94. The molecule has 196 valence electrons. The molecule has 14 nitrogen and oxygen atoms in total. The molecule has 1 aromatic carbocycles. The molecule has 1 aliphatic carbocycles. The predicted octanol–water partition coefficient (Wildman–Crippen LogP) is 1.76. The highest BCUT2D eigenvalue weighted by Gasteiger charge is 2.45. The van der Waals surface area contributed by atoms with Crippen LogP contribution in [-0.4, -0.2) is 74.6 Å². The van der Waals surface area contributed by atoms with E-state index in [2.05, 4.69) is 25.6 Å². The third-order valence-electron chi connectivity index (χ3n) is 5.64. The standard InChI is InChI=1S/C18H22Cl2N6O8P2/c19-11-4-2-1-3-9(11)6-21-16-13-17(23-18(20)22-16)26(25-24-13)12-5-10(14(27)15(12)28)7-34-36(32,33)8-35(29,30)31/h1-4,10,12,14-15,27-28H,5-8H2,(H,32,33)(H,21,22,23)(H2,29,30,31)/t10-,12-,14+,15+/m1/s1.